The Morgan fingerprint density at radius 3 is 2.47 bits per heavy atom. The molecule has 0 bridgehead atoms. The van der Waals surface area contributed by atoms with Gasteiger partial charge in [-0.15, -0.1) is 0 Å². The molecule has 30 heavy (non-hydrogen) atoms. The van der Waals surface area contributed by atoms with Crippen LogP contribution in [0.25, 0.3) is 10.9 Å². The summed E-state index contributed by atoms with van der Waals surface area (Å²) in [5.74, 6) is -0.277. The number of rotatable bonds is 9. The highest BCUT2D eigenvalue weighted by Gasteiger charge is 2.22. The Hall–Kier alpha value is -2.64. The second-order valence-electron chi connectivity index (χ2n) is 7.13. The molecule has 1 amide bonds. The standard InChI is InChI=1S/C23H29N3O3S/c1-4-17-9-8-12-21-19(16-25-22(17)21)13-14-24-23(27)18-10-7-11-20(15-18)30(28,29)26(5-2)6-3/h7-12,15-16,25H,4-6,13-14H2,1-3H3,(H,24,27). The minimum atomic E-state index is -3.59. The molecule has 0 spiro atoms. The van der Waals surface area contributed by atoms with Crippen molar-refractivity contribution < 1.29 is 13.2 Å². The molecule has 0 unspecified atom stereocenters. The summed E-state index contributed by atoms with van der Waals surface area (Å²) in [7, 11) is -3.59. The highest BCUT2D eigenvalue weighted by Crippen LogP contribution is 2.22. The van der Waals surface area contributed by atoms with Crippen molar-refractivity contribution >= 4 is 26.8 Å². The molecule has 0 atom stereocenters. The lowest BCUT2D eigenvalue weighted by Crippen LogP contribution is -2.31. The molecule has 1 heterocycles. The number of sulfonamides is 1. The van der Waals surface area contributed by atoms with Crippen LogP contribution in [0.1, 0.15) is 42.3 Å². The van der Waals surface area contributed by atoms with E-state index in [1.807, 2.05) is 6.20 Å². The third-order valence-corrected chi connectivity index (χ3v) is 7.43. The maximum atomic E-state index is 12.7. The van der Waals surface area contributed by atoms with Crippen molar-refractivity contribution in [1.29, 1.82) is 0 Å². The van der Waals surface area contributed by atoms with Gasteiger partial charge in [0.15, 0.2) is 0 Å². The van der Waals surface area contributed by atoms with Gasteiger partial charge in [-0.2, -0.15) is 4.31 Å². The van der Waals surface area contributed by atoms with E-state index in [0.717, 1.165) is 17.5 Å². The predicted molar refractivity (Wildman–Crippen MR) is 120 cm³/mol. The molecule has 0 radical (unpaired) electrons. The van der Waals surface area contributed by atoms with Gasteiger partial charge in [0.25, 0.3) is 5.91 Å². The molecule has 1 aromatic heterocycles. The number of para-hydroxylation sites is 1. The first-order valence-electron chi connectivity index (χ1n) is 10.4. The zero-order valence-corrected chi connectivity index (χ0v) is 18.6. The third kappa shape index (κ3) is 4.42. The summed E-state index contributed by atoms with van der Waals surface area (Å²) in [6, 6.07) is 12.5. The van der Waals surface area contributed by atoms with E-state index in [9.17, 15) is 13.2 Å². The van der Waals surface area contributed by atoms with Gasteiger partial charge in [-0.1, -0.05) is 45.0 Å². The predicted octanol–water partition coefficient (Wildman–Crippen LogP) is 3.73. The van der Waals surface area contributed by atoms with Crippen LogP contribution in [0.4, 0.5) is 0 Å². The van der Waals surface area contributed by atoms with Crippen molar-refractivity contribution in [3.8, 4) is 0 Å². The SMILES string of the molecule is CCc1cccc2c(CCNC(=O)c3cccc(S(=O)(=O)N(CC)CC)c3)c[nH]c12. The van der Waals surface area contributed by atoms with E-state index in [4.69, 9.17) is 0 Å². The number of fused-ring (bicyclic) bond motifs is 1. The molecular formula is C23H29N3O3S. The largest absolute Gasteiger partial charge is 0.361 e. The fraction of sp³-hybridized carbons (Fsp3) is 0.348. The molecule has 0 aliphatic rings. The van der Waals surface area contributed by atoms with Crippen LogP contribution >= 0.6 is 0 Å². The van der Waals surface area contributed by atoms with Gasteiger partial charge in [-0.05, 0) is 42.2 Å². The van der Waals surface area contributed by atoms with Crippen LogP contribution in [0, 0.1) is 0 Å². The molecular weight excluding hydrogens is 398 g/mol. The number of amides is 1. The zero-order chi connectivity index (χ0) is 21.7. The quantitative estimate of drug-likeness (QED) is 0.546. The Morgan fingerprint density at radius 2 is 1.77 bits per heavy atom. The highest BCUT2D eigenvalue weighted by atomic mass is 32.2. The first-order valence-corrected chi connectivity index (χ1v) is 11.8. The van der Waals surface area contributed by atoms with Crippen molar-refractivity contribution in [3.63, 3.8) is 0 Å². The van der Waals surface area contributed by atoms with E-state index in [2.05, 4.69) is 35.4 Å². The Kier molecular flexibility index (Phi) is 6.95. The van der Waals surface area contributed by atoms with Crippen LogP contribution in [0.5, 0.6) is 0 Å². The van der Waals surface area contributed by atoms with E-state index in [1.165, 1.54) is 27.4 Å². The number of hydrogen-bond donors (Lipinski definition) is 2. The minimum Gasteiger partial charge on any atom is -0.361 e. The van der Waals surface area contributed by atoms with E-state index >= 15 is 0 Å². The molecule has 2 aromatic carbocycles. The summed E-state index contributed by atoms with van der Waals surface area (Å²) in [6.07, 6.45) is 3.64. The van der Waals surface area contributed by atoms with Crippen molar-refractivity contribution in [2.75, 3.05) is 19.6 Å². The van der Waals surface area contributed by atoms with Gasteiger partial charge in [0.05, 0.1) is 4.90 Å². The van der Waals surface area contributed by atoms with Gasteiger partial charge in [-0.3, -0.25) is 4.79 Å². The second kappa shape index (κ2) is 9.45. The smallest absolute Gasteiger partial charge is 0.251 e. The zero-order valence-electron chi connectivity index (χ0n) is 17.7. The molecule has 7 heteroatoms. The first kappa shape index (κ1) is 22.1. The number of hydrogen-bond acceptors (Lipinski definition) is 3. The van der Waals surface area contributed by atoms with Gasteiger partial charge in [-0.25, -0.2) is 8.42 Å². The van der Waals surface area contributed by atoms with E-state index < -0.39 is 10.0 Å². The number of aromatic nitrogens is 1. The van der Waals surface area contributed by atoms with Gasteiger partial charge < -0.3 is 10.3 Å². The molecule has 160 valence electrons. The van der Waals surface area contributed by atoms with Crippen molar-refractivity contribution in [2.45, 2.75) is 38.5 Å². The first-order chi connectivity index (χ1) is 14.4. The number of carbonyl (C=O) groups excluding carboxylic acids is 1. The van der Waals surface area contributed by atoms with Crippen LogP contribution in [0.3, 0.4) is 0 Å². The summed E-state index contributed by atoms with van der Waals surface area (Å²) >= 11 is 0. The van der Waals surface area contributed by atoms with Crippen molar-refractivity contribution in [1.82, 2.24) is 14.6 Å². The minimum absolute atomic E-state index is 0.141. The maximum Gasteiger partial charge on any atom is 0.251 e. The number of aryl methyl sites for hydroxylation is 1. The fourth-order valence-electron chi connectivity index (χ4n) is 3.70. The van der Waals surface area contributed by atoms with E-state index in [1.54, 1.807) is 26.0 Å². The average molecular weight is 428 g/mol. The molecule has 3 rings (SSSR count). The lowest BCUT2D eigenvalue weighted by atomic mass is 10.1. The Bertz CT molecular complexity index is 1130. The van der Waals surface area contributed by atoms with E-state index in [0.29, 0.717) is 31.6 Å². The highest BCUT2D eigenvalue weighted by molar-refractivity contribution is 7.89. The van der Waals surface area contributed by atoms with Crippen molar-refractivity contribution in [2.24, 2.45) is 0 Å². The summed E-state index contributed by atoms with van der Waals surface area (Å²) in [5.41, 5.74) is 3.92. The summed E-state index contributed by atoms with van der Waals surface area (Å²) in [6.45, 7) is 6.97. The number of carbonyl (C=O) groups is 1. The second-order valence-corrected chi connectivity index (χ2v) is 9.07. The molecule has 0 aliphatic heterocycles. The Labute approximate surface area is 178 Å². The van der Waals surface area contributed by atoms with Crippen LogP contribution in [0.15, 0.2) is 53.6 Å². The van der Waals surface area contributed by atoms with Gasteiger partial charge >= 0.3 is 0 Å². The lowest BCUT2D eigenvalue weighted by molar-refractivity contribution is 0.0954. The van der Waals surface area contributed by atoms with Gasteiger partial charge in [0.1, 0.15) is 0 Å². The van der Waals surface area contributed by atoms with Crippen LogP contribution in [-0.2, 0) is 22.9 Å². The number of nitrogens with one attached hydrogen (secondary N) is 2. The normalized spacial score (nSPS) is 11.9. The summed E-state index contributed by atoms with van der Waals surface area (Å²) < 4.78 is 26.8. The topological polar surface area (TPSA) is 82.3 Å². The molecule has 2 N–H and O–H groups in total. The van der Waals surface area contributed by atoms with Crippen molar-refractivity contribution in [3.05, 3.63) is 65.4 Å². The van der Waals surface area contributed by atoms with Crippen LogP contribution < -0.4 is 5.32 Å². The van der Waals surface area contributed by atoms with Gasteiger partial charge in [0, 0.05) is 42.3 Å². The Morgan fingerprint density at radius 1 is 1.03 bits per heavy atom. The molecule has 6 nitrogen and oxygen atoms in total. The molecule has 0 aliphatic carbocycles. The fourth-order valence-corrected chi connectivity index (χ4v) is 5.20. The lowest BCUT2D eigenvalue weighted by Gasteiger charge is -2.18. The third-order valence-electron chi connectivity index (χ3n) is 5.39. The summed E-state index contributed by atoms with van der Waals surface area (Å²) in [5, 5.41) is 4.08. The number of H-pyrrole nitrogens is 1. The molecule has 3 aromatic rings. The average Bonchev–Trinajstić information content (AvgIpc) is 3.17. The summed E-state index contributed by atoms with van der Waals surface area (Å²) in [4.78, 5) is 16.1. The molecule has 0 saturated heterocycles. The number of nitrogens with zero attached hydrogens (tertiary/aromatic N) is 1. The maximum absolute atomic E-state index is 12.7. The van der Waals surface area contributed by atoms with Crippen LogP contribution in [0.2, 0.25) is 0 Å². The van der Waals surface area contributed by atoms with E-state index in [-0.39, 0.29) is 10.8 Å². The van der Waals surface area contributed by atoms with Gasteiger partial charge in [0.2, 0.25) is 10.0 Å². The Balaban J connectivity index is 1.69. The van der Waals surface area contributed by atoms with Crippen LogP contribution in [-0.4, -0.2) is 43.2 Å². The molecule has 0 saturated carbocycles. The monoisotopic (exact) mass is 427 g/mol. The molecule has 0 fully saturated rings. The number of benzene rings is 2. The number of aromatic amines is 1.